The van der Waals surface area contributed by atoms with Crippen LogP contribution in [0.25, 0.3) is 0 Å². The second-order valence-electron chi connectivity index (χ2n) is 7.07. The van der Waals surface area contributed by atoms with Crippen LogP contribution in [0, 0.1) is 5.92 Å². The Morgan fingerprint density at radius 1 is 0.897 bits per heavy atom. The van der Waals surface area contributed by atoms with Crippen LogP contribution in [-0.2, 0) is 11.3 Å². The first-order valence-electron chi connectivity index (χ1n) is 10.0. The van der Waals surface area contributed by atoms with Crippen molar-refractivity contribution in [2.24, 2.45) is 5.92 Å². The maximum absolute atomic E-state index is 12.3. The molecule has 0 aliphatic carbocycles. The molecular weight excluding hydrogens is 358 g/mol. The molecule has 29 heavy (non-hydrogen) atoms. The minimum atomic E-state index is -0.383. The molecule has 3 nitrogen and oxygen atoms in total. The summed E-state index contributed by atoms with van der Waals surface area (Å²) in [6.07, 6.45) is 6.37. The van der Waals surface area contributed by atoms with E-state index in [9.17, 15) is 4.79 Å². The van der Waals surface area contributed by atoms with Crippen molar-refractivity contribution in [3.05, 3.63) is 120 Å². The highest BCUT2D eigenvalue weighted by Crippen LogP contribution is 2.23. The summed E-state index contributed by atoms with van der Waals surface area (Å²) in [6, 6.07) is 29.4. The van der Waals surface area contributed by atoms with Crippen LogP contribution >= 0.6 is 0 Å². The van der Waals surface area contributed by atoms with Crippen molar-refractivity contribution in [2.75, 3.05) is 0 Å². The zero-order valence-electron chi connectivity index (χ0n) is 16.7. The quantitative estimate of drug-likeness (QED) is 0.367. The molecule has 0 radical (unpaired) electrons. The van der Waals surface area contributed by atoms with Gasteiger partial charge in [0.1, 0.15) is 0 Å². The minimum absolute atomic E-state index is 0.128. The summed E-state index contributed by atoms with van der Waals surface area (Å²) in [4.78, 5) is 17.7. The number of carbonyl (C=O) groups excluding carboxylic acids is 1. The van der Waals surface area contributed by atoms with Crippen LogP contribution in [0.3, 0.4) is 0 Å². The highest BCUT2D eigenvalue weighted by Gasteiger charge is 2.19. The molecule has 0 heterocycles. The molecule has 0 aromatic heterocycles. The average Bonchev–Trinajstić information content (AvgIpc) is 2.79. The molecule has 3 aromatic carbocycles. The molecule has 0 unspecified atom stereocenters. The maximum atomic E-state index is 12.3. The molecule has 1 N–H and O–H groups in total. The predicted molar refractivity (Wildman–Crippen MR) is 117 cm³/mol. The van der Waals surface area contributed by atoms with Crippen LogP contribution in [0.2, 0.25) is 0 Å². The van der Waals surface area contributed by atoms with E-state index in [2.05, 4.69) is 48.8 Å². The molecule has 0 bridgehead atoms. The molecule has 0 amide bonds. The van der Waals surface area contributed by atoms with Crippen molar-refractivity contribution in [3.63, 3.8) is 0 Å². The van der Waals surface area contributed by atoms with Gasteiger partial charge in [0.2, 0.25) is 0 Å². The van der Waals surface area contributed by atoms with Crippen LogP contribution in [0.1, 0.15) is 40.9 Å². The van der Waals surface area contributed by atoms with Gasteiger partial charge in [0.05, 0.1) is 11.6 Å². The number of hydrogen-bond donors (Lipinski definition) is 1. The molecule has 0 fully saturated rings. The smallest absolute Gasteiger partial charge is 0.356 e. The molecule has 2 atom stereocenters. The Kier molecular flexibility index (Phi) is 7.79. The summed E-state index contributed by atoms with van der Waals surface area (Å²) < 4.78 is 0. The molecular formula is C26H27NO2. The molecule has 0 aliphatic rings. The fraction of sp³-hybridized carbons (Fsp3) is 0.192. The third kappa shape index (κ3) is 6.44. The molecule has 0 saturated heterocycles. The number of hydroxylamine groups is 1. The lowest BCUT2D eigenvalue weighted by molar-refractivity contribution is 0.0112. The van der Waals surface area contributed by atoms with Crippen molar-refractivity contribution in [1.29, 1.82) is 0 Å². The van der Waals surface area contributed by atoms with E-state index in [0.29, 0.717) is 5.56 Å². The highest BCUT2D eigenvalue weighted by atomic mass is 16.7. The zero-order valence-corrected chi connectivity index (χ0v) is 16.7. The number of carbonyl (C=O) groups is 1. The Bertz CT molecular complexity index is 892. The number of benzene rings is 3. The second kappa shape index (κ2) is 11.0. The summed E-state index contributed by atoms with van der Waals surface area (Å²) in [6.45, 7) is 2.13. The second-order valence-corrected chi connectivity index (χ2v) is 7.07. The summed E-state index contributed by atoms with van der Waals surface area (Å²) in [5, 5.41) is 0. The summed E-state index contributed by atoms with van der Waals surface area (Å²) in [5.74, 6) is -0.233. The van der Waals surface area contributed by atoms with Gasteiger partial charge in [-0.2, -0.15) is 0 Å². The Hall–Kier alpha value is -3.17. The van der Waals surface area contributed by atoms with Gasteiger partial charge in [0, 0.05) is 0 Å². The summed E-state index contributed by atoms with van der Waals surface area (Å²) in [5.41, 5.74) is 5.93. The van der Waals surface area contributed by atoms with Crippen molar-refractivity contribution in [3.8, 4) is 0 Å². The van der Waals surface area contributed by atoms with Crippen molar-refractivity contribution >= 4 is 5.97 Å². The largest absolute Gasteiger partial charge is 0.366 e. The van der Waals surface area contributed by atoms with Gasteiger partial charge in [-0.05, 0) is 42.0 Å². The minimum Gasteiger partial charge on any atom is -0.366 e. The molecule has 3 rings (SSSR count). The topological polar surface area (TPSA) is 38.3 Å². The van der Waals surface area contributed by atoms with E-state index in [1.807, 2.05) is 54.6 Å². The average molecular weight is 386 g/mol. The fourth-order valence-electron chi connectivity index (χ4n) is 3.21. The van der Waals surface area contributed by atoms with Crippen LogP contribution in [0.5, 0.6) is 0 Å². The van der Waals surface area contributed by atoms with Gasteiger partial charge in [0.25, 0.3) is 0 Å². The zero-order chi connectivity index (χ0) is 20.3. The van der Waals surface area contributed by atoms with E-state index in [1.165, 1.54) is 5.56 Å². The third-order valence-electron chi connectivity index (χ3n) is 4.85. The van der Waals surface area contributed by atoms with E-state index in [4.69, 9.17) is 4.84 Å². The number of nitrogens with one attached hydrogen (secondary N) is 1. The normalized spacial score (nSPS) is 13.1. The molecule has 148 valence electrons. The molecule has 0 saturated carbocycles. The first kappa shape index (κ1) is 20.6. The van der Waals surface area contributed by atoms with Crippen molar-refractivity contribution < 1.29 is 9.63 Å². The third-order valence-corrected chi connectivity index (χ3v) is 4.85. The Morgan fingerprint density at radius 3 is 2.14 bits per heavy atom. The van der Waals surface area contributed by atoms with Gasteiger partial charge in [-0.1, -0.05) is 97.9 Å². The van der Waals surface area contributed by atoms with Gasteiger partial charge in [-0.15, -0.1) is 5.48 Å². The fourth-order valence-corrected chi connectivity index (χ4v) is 3.21. The lowest BCUT2D eigenvalue weighted by Crippen LogP contribution is -2.29. The van der Waals surface area contributed by atoms with Gasteiger partial charge in [-0.3, -0.25) is 0 Å². The lowest BCUT2D eigenvalue weighted by atomic mass is 9.94. The van der Waals surface area contributed by atoms with E-state index in [-0.39, 0.29) is 17.9 Å². The summed E-state index contributed by atoms with van der Waals surface area (Å²) >= 11 is 0. The van der Waals surface area contributed by atoms with E-state index in [0.717, 1.165) is 18.4 Å². The van der Waals surface area contributed by atoms with Gasteiger partial charge in [-0.25, -0.2) is 4.79 Å². The Morgan fingerprint density at radius 2 is 1.48 bits per heavy atom. The first-order chi connectivity index (χ1) is 14.2. The summed E-state index contributed by atoms with van der Waals surface area (Å²) in [7, 11) is 0. The predicted octanol–water partition coefficient (Wildman–Crippen LogP) is 5.91. The van der Waals surface area contributed by atoms with Crippen molar-refractivity contribution in [2.45, 2.75) is 25.8 Å². The molecule has 3 aromatic rings. The SMILES string of the molecule is C[C@@H](/C=C/CCc1ccccc1)[C@H](NOC(=O)c1ccccc1)c1ccccc1. The number of hydrogen-bond acceptors (Lipinski definition) is 3. The van der Waals surface area contributed by atoms with Crippen LogP contribution in [0.15, 0.2) is 103 Å². The Balaban J connectivity index is 1.62. The number of aryl methyl sites for hydroxylation is 1. The van der Waals surface area contributed by atoms with E-state index < -0.39 is 0 Å². The van der Waals surface area contributed by atoms with Gasteiger partial charge in [0.15, 0.2) is 0 Å². The lowest BCUT2D eigenvalue weighted by Gasteiger charge is -2.23. The molecule has 0 spiro atoms. The number of rotatable bonds is 9. The standard InChI is InChI=1S/C26H27NO2/c1-21(13-11-12-16-22-14-5-2-6-15-22)25(23-17-7-3-8-18-23)27-29-26(28)24-19-9-4-10-20-24/h2-11,13-15,17-21,25,27H,12,16H2,1H3/b13-11+/t21-,25-/m0/s1. The Labute approximate surface area is 173 Å². The van der Waals surface area contributed by atoms with Gasteiger partial charge < -0.3 is 4.84 Å². The first-order valence-corrected chi connectivity index (χ1v) is 10.0. The highest BCUT2D eigenvalue weighted by molar-refractivity contribution is 5.89. The maximum Gasteiger partial charge on any atom is 0.356 e. The number of allylic oxidation sites excluding steroid dienone is 1. The van der Waals surface area contributed by atoms with E-state index >= 15 is 0 Å². The van der Waals surface area contributed by atoms with Crippen LogP contribution < -0.4 is 5.48 Å². The van der Waals surface area contributed by atoms with E-state index in [1.54, 1.807) is 12.1 Å². The van der Waals surface area contributed by atoms with Crippen LogP contribution in [0.4, 0.5) is 0 Å². The van der Waals surface area contributed by atoms with Crippen LogP contribution in [-0.4, -0.2) is 5.97 Å². The van der Waals surface area contributed by atoms with Gasteiger partial charge >= 0.3 is 5.97 Å². The monoisotopic (exact) mass is 385 g/mol. The molecule has 0 aliphatic heterocycles. The molecule has 3 heteroatoms. The van der Waals surface area contributed by atoms with Crippen molar-refractivity contribution in [1.82, 2.24) is 5.48 Å².